The maximum Gasteiger partial charge on any atom is 0.319 e. The predicted molar refractivity (Wildman–Crippen MR) is 92.2 cm³/mol. The van der Waals surface area contributed by atoms with Crippen molar-refractivity contribution in [2.45, 2.75) is 50.7 Å². The smallest absolute Gasteiger partial charge is 0.319 e. The average molecular weight is 331 g/mol. The zero-order chi connectivity index (χ0) is 16.8. The van der Waals surface area contributed by atoms with Crippen LogP contribution in [0.5, 0.6) is 0 Å². The van der Waals surface area contributed by atoms with Gasteiger partial charge in [0, 0.05) is 30.4 Å². The molecule has 1 saturated carbocycles. The van der Waals surface area contributed by atoms with Gasteiger partial charge in [-0.3, -0.25) is 4.79 Å². The summed E-state index contributed by atoms with van der Waals surface area (Å²) in [6.45, 7) is 1.30. The second kappa shape index (κ2) is 8.15. The normalized spacial score (nSPS) is 20.8. The number of carbonyl (C=O) groups is 2. The first kappa shape index (κ1) is 16.8. The lowest BCUT2D eigenvalue weighted by Gasteiger charge is -2.13. The molecule has 1 aliphatic heterocycles. The average Bonchev–Trinajstić information content (AvgIpc) is 3.27. The van der Waals surface area contributed by atoms with Crippen LogP contribution in [-0.2, 0) is 4.74 Å². The van der Waals surface area contributed by atoms with Crippen LogP contribution in [0.4, 0.5) is 10.5 Å². The molecule has 2 aliphatic rings. The van der Waals surface area contributed by atoms with Crippen LogP contribution in [-0.4, -0.2) is 37.2 Å². The number of ether oxygens (including phenoxy) is 1. The third-order valence-electron chi connectivity index (χ3n) is 4.61. The molecule has 24 heavy (non-hydrogen) atoms. The topological polar surface area (TPSA) is 79.5 Å². The van der Waals surface area contributed by atoms with Crippen molar-refractivity contribution in [2.24, 2.45) is 0 Å². The van der Waals surface area contributed by atoms with Gasteiger partial charge >= 0.3 is 6.03 Å². The van der Waals surface area contributed by atoms with E-state index in [0.29, 0.717) is 23.8 Å². The van der Waals surface area contributed by atoms with Crippen LogP contribution in [0.15, 0.2) is 24.3 Å². The Labute approximate surface area is 142 Å². The third-order valence-corrected chi connectivity index (χ3v) is 4.61. The third kappa shape index (κ3) is 4.71. The Hall–Kier alpha value is -2.08. The lowest BCUT2D eigenvalue weighted by molar-refractivity contribution is 0.0938. The fraction of sp³-hybridized carbons (Fsp3) is 0.556. The first-order valence-corrected chi connectivity index (χ1v) is 8.78. The monoisotopic (exact) mass is 331 g/mol. The highest BCUT2D eigenvalue weighted by Gasteiger charge is 2.18. The SMILES string of the molecule is O=C(NC[C@@H]1CCCO1)Nc1ccc(C(=O)NC2CCCC2)cc1. The maximum atomic E-state index is 12.2. The van der Waals surface area contributed by atoms with Gasteiger partial charge in [0.2, 0.25) is 0 Å². The Morgan fingerprint density at radius 3 is 2.46 bits per heavy atom. The van der Waals surface area contributed by atoms with Crippen molar-refractivity contribution in [3.8, 4) is 0 Å². The first-order valence-electron chi connectivity index (χ1n) is 8.78. The standard InChI is InChI=1S/C18H25N3O3/c22-17(20-14-4-1-2-5-14)13-7-9-15(10-8-13)21-18(23)19-12-16-6-3-11-24-16/h7-10,14,16H,1-6,11-12H2,(H,20,22)(H2,19,21,23)/t16-/m0/s1. The molecule has 3 rings (SSSR count). The second-order valence-electron chi connectivity index (χ2n) is 6.50. The number of hydrogen-bond donors (Lipinski definition) is 3. The number of amides is 3. The van der Waals surface area contributed by atoms with Crippen molar-refractivity contribution in [1.82, 2.24) is 10.6 Å². The molecule has 1 aliphatic carbocycles. The number of rotatable bonds is 5. The molecule has 6 heteroatoms. The largest absolute Gasteiger partial charge is 0.376 e. The Kier molecular flexibility index (Phi) is 5.69. The molecule has 3 N–H and O–H groups in total. The number of carbonyl (C=O) groups excluding carboxylic acids is 2. The lowest BCUT2D eigenvalue weighted by atomic mass is 10.1. The number of anilines is 1. The molecule has 0 spiro atoms. The summed E-state index contributed by atoms with van der Waals surface area (Å²) in [6, 6.07) is 7.01. The molecule has 1 saturated heterocycles. The van der Waals surface area contributed by atoms with Crippen molar-refractivity contribution in [3.63, 3.8) is 0 Å². The van der Waals surface area contributed by atoms with Gasteiger partial charge in [-0.15, -0.1) is 0 Å². The van der Waals surface area contributed by atoms with Crippen LogP contribution in [0.3, 0.4) is 0 Å². The van der Waals surface area contributed by atoms with Crippen LogP contribution >= 0.6 is 0 Å². The van der Waals surface area contributed by atoms with Crippen LogP contribution < -0.4 is 16.0 Å². The summed E-state index contributed by atoms with van der Waals surface area (Å²) < 4.78 is 5.46. The highest BCUT2D eigenvalue weighted by atomic mass is 16.5. The Morgan fingerprint density at radius 1 is 1.04 bits per heavy atom. The molecule has 1 heterocycles. The molecule has 3 amide bonds. The maximum absolute atomic E-state index is 12.2. The molecule has 6 nitrogen and oxygen atoms in total. The van der Waals surface area contributed by atoms with E-state index in [1.165, 1.54) is 12.8 Å². The molecule has 130 valence electrons. The van der Waals surface area contributed by atoms with E-state index < -0.39 is 0 Å². The van der Waals surface area contributed by atoms with Gasteiger partial charge in [-0.2, -0.15) is 0 Å². The van der Waals surface area contributed by atoms with Gasteiger partial charge in [-0.1, -0.05) is 12.8 Å². The number of urea groups is 1. The summed E-state index contributed by atoms with van der Waals surface area (Å²) in [5.74, 6) is -0.0451. The summed E-state index contributed by atoms with van der Waals surface area (Å²) in [7, 11) is 0. The number of benzene rings is 1. The van der Waals surface area contributed by atoms with Crippen LogP contribution in [0.2, 0.25) is 0 Å². The molecule has 1 aromatic rings. The molecule has 1 atom stereocenters. The van der Waals surface area contributed by atoms with Crippen molar-refractivity contribution in [1.29, 1.82) is 0 Å². The number of hydrogen-bond acceptors (Lipinski definition) is 3. The molecule has 0 unspecified atom stereocenters. The summed E-state index contributed by atoms with van der Waals surface area (Å²) >= 11 is 0. The van der Waals surface area contributed by atoms with Crippen molar-refractivity contribution in [2.75, 3.05) is 18.5 Å². The Morgan fingerprint density at radius 2 is 1.79 bits per heavy atom. The second-order valence-corrected chi connectivity index (χ2v) is 6.50. The van der Waals surface area contributed by atoms with E-state index in [1.807, 2.05) is 0 Å². The molecule has 0 radical (unpaired) electrons. The number of nitrogens with one attached hydrogen (secondary N) is 3. The molecule has 0 bridgehead atoms. The van der Waals surface area contributed by atoms with Gasteiger partial charge in [0.25, 0.3) is 5.91 Å². The highest BCUT2D eigenvalue weighted by molar-refractivity contribution is 5.95. The molecule has 1 aromatic carbocycles. The summed E-state index contributed by atoms with van der Waals surface area (Å²) in [4.78, 5) is 24.0. The van der Waals surface area contributed by atoms with Gasteiger partial charge in [-0.05, 0) is 49.9 Å². The summed E-state index contributed by atoms with van der Waals surface area (Å²) in [6.07, 6.45) is 6.68. The lowest BCUT2D eigenvalue weighted by Crippen LogP contribution is -2.35. The fourth-order valence-corrected chi connectivity index (χ4v) is 3.23. The first-order chi connectivity index (χ1) is 11.7. The van der Waals surface area contributed by atoms with Crippen molar-refractivity contribution < 1.29 is 14.3 Å². The van der Waals surface area contributed by atoms with Gasteiger partial charge in [0.15, 0.2) is 0 Å². The predicted octanol–water partition coefficient (Wildman–Crippen LogP) is 2.66. The van der Waals surface area contributed by atoms with E-state index in [2.05, 4.69) is 16.0 Å². The van der Waals surface area contributed by atoms with Crippen LogP contribution in [0.25, 0.3) is 0 Å². The Balaban J connectivity index is 1.44. The molecular weight excluding hydrogens is 306 g/mol. The van der Waals surface area contributed by atoms with E-state index in [4.69, 9.17) is 4.74 Å². The van der Waals surface area contributed by atoms with E-state index in [-0.39, 0.29) is 18.0 Å². The quantitative estimate of drug-likeness (QED) is 0.776. The van der Waals surface area contributed by atoms with E-state index >= 15 is 0 Å². The van der Waals surface area contributed by atoms with Gasteiger partial charge in [0.1, 0.15) is 0 Å². The van der Waals surface area contributed by atoms with E-state index in [0.717, 1.165) is 32.3 Å². The summed E-state index contributed by atoms with van der Waals surface area (Å²) in [5.41, 5.74) is 1.28. The minimum atomic E-state index is -0.256. The minimum Gasteiger partial charge on any atom is -0.376 e. The van der Waals surface area contributed by atoms with Gasteiger partial charge in [0.05, 0.1) is 6.10 Å². The van der Waals surface area contributed by atoms with Crippen molar-refractivity contribution >= 4 is 17.6 Å². The minimum absolute atomic E-state index is 0.0451. The van der Waals surface area contributed by atoms with Gasteiger partial charge < -0.3 is 20.7 Å². The zero-order valence-corrected chi connectivity index (χ0v) is 13.8. The fourth-order valence-electron chi connectivity index (χ4n) is 3.23. The highest BCUT2D eigenvalue weighted by Crippen LogP contribution is 2.18. The molecule has 2 fully saturated rings. The molecular formula is C18H25N3O3. The zero-order valence-electron chi connectivity index (χ0n) is 13.8. The van der Waals surface area contributed by atoms with Gasteiger partial charge in [-0.25, -0.2) is 4.79 Å². The molecule has 0 aromatic heterocycles. The van der Waals surface area contributed by atoms with E-state index in [1.54, 1.807) is 24.3 Å². The van der Waals surface area contributed by atoms with E-state index in [9.17, 15) is 9.59 Å². The van der Waals surface area contributed by atoms with Crippen LogP contribution in [0, 0.1) is 0 Å². The Bertz CT molecular complexity index is 561. The summed E-state index contributed by atoms with van der Waals surface area (Å²) in [5, 5.41) is 8.63. The van der Waals surface area contributed by atoms with Crippen molar-refractivity contribution in [3.05, 3.63) is 29.8 Å². The van der Waals surface area contributed by atoms with Crippen LogP contribution in [0.1, 0.15) is 48.9 Å².